The predicted octanol–water partition coefficient (Wildman–Crippen LogP) is 1.27. The van der Waals surface area contributed by atoms with Crippen LogP contribution in [-0.2, 0) is 0 Å². The molecular formula is C10H19NO. The molecule has 0 unspecified atom stereocenters. The smallest absolute Gasteiger partial charge is 0.0558 e. The van der Waals surface area contributed by atoms with Crippen LogP contribution in [0.15, 0.2) is 12.7 Å². The van der Waals surface area contributed by atoms with Crippen LogP contribution in [0.1, 0.15) is 19.3 Å². The van der Waals surface area contributed by atoms with Gasteiger partial charge in [-0.2, -0.15) is 0 Å². The van der Waals surface area contributed by atoms with Gasteiger partial charge in [0.25, 0.3) is 0 Å². The highest BCUT2D eigenvalue weighted by molar-refractivity contribution is 4.78. The van der Waals surface area contributed by atoms with Crippen LogP contribution in [0.2, 0.25) is 0 Å². The lowest BCUT2D eigenvalue weighted by Crippen LogP contribution is -2.34. The molecular weight excluding hydrogens is 150 g/mol. The summed E-state index contributed by atoms with van der Waals surface area (Å²) in [6.07, 6.45) is 6.05. The summed E-state index contributed by atoms with van der Waals surface area (Å²) < 4.78 is 0. The molecule has 0 aromatic rings. The van der Waals surface area contributed by atoms with E-state index >= 15 is 0 Å². The molecule has 1 aliphatic carbocycles. The fraction of sp³-hybridized carbons (Fsp3) is 0.800. The van der Waals surface area contributed by atoms with E-state index in [-0.39, 0.29) is 6.61 Å². The van der Waals surface area contributed by atoms with Gasteiger partial charge in [0.15, 0.2) is 0 Å². The molecule has 2 nitrogen and oxygen atoms in total. The summed E-state index contributed by atoms with van der Waals surface area (Å²) in [5.74, 6) is 0.886. The van der Waals surface area contributed by atoms with Gasteiger partial charge >= 0.3 is 0 Å². The van der Waals surface area contributed by atoms with Crippen molar-refractivity contribution >= 4 is 0 Å². The second-order valence-electron chi connectivity index (χ2n) is 3.57. The van der Waals surface area contributed by atoms with Crippen LogP contribution in [0, 0.1) is 5.92 Å². The van der Waals surface area contributed by atoms with Crippen LogP contribution in [0.4, 0.5) is 0 Å². The summed E-state index contributed by atoms with van der Waals surface area (Å²) in [6.45, 7) is 6.83. The van der Waals surface area contributed by atoms with Gasteiger partial charge in [0.05, 0.1) is 6.61 Å². The largest absolute Gasteiger partial charge is 0.395 e. The summed E-state index contributed by atoms with van der Waals surface area (Å²) >= 11 is 0. The van der Waals surface area contributed by atoms with E-state index in [1.165, 1.54) is 19.3 Å². The third kappa shape index (κ3) is 2.95. The molecule has 0 radical (unpaired) electrons. The Morgan fingerprint density at radius 1 is 1.50 bits per heavy atom. The van der Waals surface area contributed by atoms with Crippen LogP contribution in [0.25, 0.3) is 0 Å². The van der Waals surface area contributed by atoms with E-state index < -0.39 is 0 Å². The van der Waals surface area contributed by atoms with Crippen LogP contribution < -0.4 is 0 Å². The molecule has 1 N–H and O–H groups in total. The molecule has 1 saturated carbocycles. The molecule has 1 aliphatic rings. The number of rotatable bonds is 6. The molecule has 0 saturated heterocycles. The molecule has 0 amide bonds. The lowest BCUT2D eigenvalue weighted by molar-refractivity contribution is 0.157. The van der Waals surface area contributed by atoms with E-state index in [0.29, 0.717) is 0 Å². The first-order chi connectivity index (χ1) is 5.86. The molecule has 1 rings (SSSR count). The standard InChI is InChI=1S/C10H19NO/c1-2-6-11(7-8-12)9-10-4-3-5-10/h2,10,12H,1,3-9H2. The molecule has 0 aliphatic heterocycles. The molecule has 0 aromatic carbocycles. The summed E-state index contributed by atoms with van der Waals surface area (Å²) in [4.78, 5) is 2.27. The zero-order valence-corrected chi connectivity index (χ0v) is 7.71. The van der Waals surface area contributed by atoms with Gasteiger partial charge in [-0.05, 0) is 18.8 Å². The maximum atomic E-state index is 8.79. The van der Waals surface area contributed by atoms with E-state index in [1.54, 1.807) is 0 Å². The van der Waals surface area contributed by atoms with Crippen LogP contribution in [0.3, 0.4) is 0 Å². The van der Waals surface area contributed by atoms with Gasteiger partial charge in [-0.1, -0.05) is 12.5 Å². The summed E-state index contributed by atoms with van der Waals surface area (Å²) in [7, 11) is 0. The van der Waals surface area contributed by atoms with Crippen molar-refractivity contribution < 1.29 is 5.11 Å². The fourth-order valence-corrected chi connectivity index (χ4v) is 1.62. The minimum atomic E-state index is 0.264. The van der Waals surface area contributed by atoms with Crippen molar-refractivity contribution in [1.29, 1.82) is 0 Å². The fourth-order valence-electron chi connectivity index (χ4n) is 1.62. The number of hydrogen-bond acceptors (Lipinski definition) is 2. The Kier molecular flexibility index (Phi) is 4.33. The number of hydrogen-bond donors (Lipinski definition) is 1. The second-order valence-corrected chi connectivity index (χ2v) is 3.57. The Hall–Kier alpha value is -0.340. The highest BCUT2D eigenvalue weighted by Gasteiger charge is 2.19. The van der Waals surface area contributed by atoms with Gasteiger partial charge in [-0.25, -0.2) is 0 Å². The molecule has 0 spiro atoms. The number of aliphatic hydroxyl groups excluding tert-OH is 1. The highest BCUT2D eigenvalue weighted by Crippen LogP contribution is 2.26. The predicted molar refractivity (Wildman–Crippen MR) is 51.1 cm³/mol. The molecule has 0 atom stereocenters. The van der Waals surface area contributed by atoms with Gasteiger partial charge in [0.2, 0.25) is 0 Å². The molecule has 12 heavy (non-hydrogen) atoms. The second kappa shape index (κ2) is 5.33. The average Bonchev–Trinajstić information content (AvgIpc) is 1.97. The lowest BCUT2D eigenvalue weighted by Gasteiger charge is -2.31. The Morgan fingerprint density at radius 2 is 2.25 bits per heavy atom. The Bertz CT molecular complexity index is 132. The quantitative estimate of drug-likeness (QED) is 0.605. The first-order valence-electron chi connectivity index (χ1n) is 4.81. The minimum absolute atomic E-state index is 0.264. The Balaban J connectivity index is 2.15. The molecule has 2 heteroatoms. The van der Waals surface area contributed by atoms with Gasteiger partial charge in [0.1, 0.15) is 0 Å². The number of aliphatic hydroxyl groups is 1. The molecule has 0 bridgehead atoms. The van der Waals surface area contributed by atoms with Gasteiger partial charge in [-0.3, -0.25) is 4.90 Å². The average molecular weight is 169 g/mol. The first-order valence-corrected chi connectivity index (χ1v) is 4.81. The lowest BCUT2D eigenvalue weighted by atomic mass is 9.85. The van der Waals surface area contributed by atoms with Crippen molar-refractivity contribution in [3.8, 4) is 0 Å². The van der Waals surface area contributed by atoms with Crippen LogP contribution >= 0.6 is 0 Å². The molecule has 1 fully saturated rings. The van der Waals surface area contributed by atoms with Crippen molar-refractivity contribution in [3.63, 3.8) is 0 Å². The van der Waals surface area contributed by atoms with Gasteiger partial charge in [-0.15, -0.1) is 6.58 Å². The maximum Gasteiger partial charge on any atom is 0.0558 e. The summed E-state index contributed by atoms with van der Waals surface area (Å²) in [6, 6.07) is 0. The SMILES string of the molecule is C=CCN(CCO)CC1CCC1. The molecule has 70 valence electrons. The van der Waals surface area contributed by atoms with Gasteiger partial charge in [0, 0.05) is 19.6 Å². The monoisotopic (exact) mass is 169 g/mol. The van der Waals surface area contributed by atoms with Crippen molar-refractivity contribution in [2.75, 3.05) is 26.2 Å². The van der Waals surface area contributed by atoms with E-state index in [1.807, 2.05) is 6.08 Å². The van der Waals surface area contributed by atoms with Crippen molar-refractivity contribution in [3.05, 3.63) is 12.7 Å². The Morgan fingerprint density at radius 3 is 2.67 bits per heavy atom. The van der Waals surface area contributed by atoms with Crippen molar-refractivity contribution in [2.24, 2.45) is 5.92 Å². The highest BCUT2D eigenvalue weighted by atomic mass is 16.3. The van der Waals surface area contributed by atoms with Crippen LogP contribution in [0.5, 0.6) is 0 Å². The van der Waals surface area contributed by atoms with Crippen molar-refractivity contribution in [1.82, 2.24) is 4.90 Å². The summed E-state index contributed by atoms with van der Waals surface area (Å²) in [5, 5.41) is 8.79. The first kappa shape index (κ1) is 9.75. The zero-order valence-electron chi connectivity index (χ0n) is 7.71. The van der Waals surface area contributed by atoms with E-state index in [9.17, 15) is 0 Å². The molecule has 0 aromatic heterocycles. The minimum Gasteiger partial charge on any atom is -0.395 e. The zero-order chi connectivity index (χ0) is 8.81. The third-order valence-corrected chi connectivity index (χ3v) is 2.54. The van der Waals surface area contributed by atoms with Crippen LogP contribution in [-0.4, -0.2) is 36.2 Å². The van der Waals surface area contributed by atoms with Crippen molar-refractivity contribution in [2.45, 2.75) is 19.3 Å². The Labute approximate surface area is 74.9 Å². The maximum absolute atomic E-state index is 8.79. The normalized spacial score (nSPS) is 17.8. The van der Waals surface area contributed by atoms with E-state index in [2.05, 4.69) is 11.5 Å². The van der Waals surface area contributed by atoms with Gasteiger partial charge < -0.3 is 5.11 Å². The molecule has 0 heterocycles. The van der Waals surface area contributed by atoms with E-state index in [4.69, 9.17) is 5.11 Å². The van der Waals surface area contributed by atoms with E-state index in [0.717, 1.165) is 25.6 Å². The third-order valence-electron chi connectivity index (χ3n) is 2.54. The topological polar surface area (TPSA) is 23.5 Å². The number of nitrogens with zero attached hydrogens (tertiary/aromatic N) is 1. The summed E-state index contributed by atoms with van der Waals surface area (Å²) in [5.41, 5.74) is 0.